The zero-order chi connectivity index (χ0) is 18.4. The SMILES string of the molecule is COC(=O)c1ccccc1CON=C(C)c1cccc(C(F)(F)F)c1. The summed E-state index contributed by atoms with van der Waals surface area (Å²) in [7, 11) is 1.27. The molecule has 25 heavy (non-hydrogen) atoms. The Kier molecular flexibility index (Phi) is 5.80. The summed E-state index contributed by atoms with van der Waals surface area (Å²) in [6.07, 6.45) is -4.42. The summed E-state index contributed by atoms with van der Waals surface area (Å²) in [5.41, 5.74) is 0.750. The number of alkyl halides is 3. The number of nitrogens with zero attached hydrogens (tertiary/aromatic N) is 1. The van der Waals surface area contributed by atoms with Crippen molar-refractivity contribution in [3.8, 4) is 0 Å². The number of halogens is 3. The minimum Gasteiger partial charge on any atom is -0.465 e. The number of methoxy groups -OCH3 is 1. The van der Waals surface area contributed by atoms with E-state index < -0.39 is 17.7 Å². The lowest BCUT2D eigenvalue weighted by atomic mass is 10.1. The second-order valence-corrected chi connectivity index (χ2v) is 5.18. The van der Waals surface area contributed by atoms with E-state index in [1.54, 1.807) is 31.2 Å². The number of hydrogen-bond donors (Lipinski definition) is 0. The quantitative estimate of drug-likeness (QED) is 0.455. The molecule has 0 aliphatic heterocycles. The third-order valence-corrected chi connectivity index (χ3v) is 3.45. The first-order chi connectivity index (χ1) is 11.8. The van der Waals surface area contributed by atoms with Crippen LogP contribution in [0.3, 0.4) is 0 Å². The molecule has 0 aliphatic carbocycles. The first kappa shape index (κ1) is 18.5. The Bertz CT molecular complexity index is 785. The predicted octanol–water partition coefficient (Wildman–Crippen LogP) is 4.43. The number of carbonyl (C=O) groups is 1. The summed E-state index contributed by atoms with van der Waals surface area (Å²) in [6.45, 7) is 1.53. The number of esters is 1. The van der Waals surface area contributed by atoms with E-state index in [9.17, 15) is 18.0 Å². The molecular weight excluding hydrogens is 335 g/mol. The lowest BCUT2D eigenvalue weighted by Crippen LogP contribution is -2.07. The minimum absolute atomic E-state index is 0.0123. The molecule has 0 unspecified atom stereocenters. The highest BCUT2D eigenvalue weighted by Gasteiger charge is 2.30. The van der Waals surface area contributed by atoms with Crippen LogP contribution < -0.4 is 0 Å². The van der Waals surface area contributed by atoms with Gasteiger partial charge in [0.15, 0.2) is 0 Å². The molecule has 7 heteroatoms. The Morgan fingerprint density at radius 2 is 1.84 bits per heavy atom. The number of oxime groups is 1. The third-order valence-electron chi connectivity index (χ3n) is 3.45. The van der Waals surface area contributed by atoms with E-state index in [1.807, 2.05) is 0 Å². The van der Waals surface area contributed by atoms with Gasteiger partial charge in [0.25, 0.3) is 0 Å². The molecular formula is C18H16F3NO3. The number of rotatable bonds is 5. The summed E-state index contributed by atoms with van der Waals surface area (Å²) in [6, 6.07) is 11.5. The van der Waals surface area contributed by atoms with Gasteiger partial charge in [-0.25, -0.2) is 4.79 Å². The number of benzene rings is 2. The van der Waals surface area contributed by atoms with Crippen LogP contribution >= 0.6 is 0 Å². The minimum atomic E-state index is -4.42. The van der Waals surface area contributed by atoms with Gasteiger partial charge in [-0.2, -0.15) is 13.2 Å². The van der Waals surface area contributed by atoms with Crippen molar-refractivity contribution < 1.29 is 27.5 Å². The van der Waals surface area contributed by atoms with E-state index in [2.05, 4.69) is 9.89 Å². The Morgan fingerprint density at radius 3 is 2.52 bits per heavy atom. The molecule has 0 fully saturated rings. The fourth-order valence-electron chi connectivity index (χ4n) is 2.13. The molecule has 2 aromatic carbocycles. The first-order valence-electron chi connectivity index (χ1n) is 7.33. The molecule has 4 nitrogen and oxygen atoms in total. The maximum Gasteiger partial charge on any atom is 0.416 e. The standard InChI is InChI=1S/C18H16F3NO3/c1-12(13-7-5-8-15(10-13)18(19,20)21)22-25-11-14-6-3-4-9-16(14)17(23)24-2/h3-10H,11H2,1-2H3. The molecule has 0 aliphatic rings. The highest BCUT2D eigenvalue weighted by atomic mass is 19.4. The van der Waals surface area contributed by atoms with Crippen LogP contribution in [0.1, 0.15) is 34.0 Å². The molecule has 132 valence electrons. The van der Waals surface area contributed by atoms with Crippen molar-refractivity contribution in [2.24, 2.45) is 5.16 Å². The molecule has 0 amide bonds. The second kappa shape index (κ2) is 7.83. The Morgan fingerprint density at radius 1 is 1.12 bits per heavy atom. The fraction of sp³-hybridized carbons (Fsp3) is 0.222. The maximum absolute atomic E-state index is 12.7. The topological polar surface area (TPSA) is 47.9 Å². The van der Waals surface area contributed by atoms with Crippen molar-refractivity contribution in [3.63, 3.8) is 0 Å². The molecule has 0 N–H and O–H groups in total. The van der Waals surface area contributed by atoms with E-state index in [4.69, 9.17) is 4.84 Å². The van der Waals surface area contributed by atoms with Gasteiger partial charge >= 0.3 is 12.1 Å². The zero-order valence-electron chi connectivity index (χ0n) is 13.6. The van der Waals surface area contributed by atoms with Crippen LogP contribution in [0.15, 0.2) is 53.7 Å². The van der Waals surface area contributed by atoms with E-state index in [1.165, 1.54) is 19.2 Å². The normalized spacial score (nSPS) is 12.0. The summed E-state index contributed by atoms with van der Waals surface area (Å²) in [5.74, 6) is -0.502. The van der Waals surface area contributed by atoms with Gasteiger partial charge in [-0.3, -0.25) is 0 Å². The molecule has 0 heterocycles. The Hall–Kier alpha value is -2.83. The van der Waals surface area contributed by atoms with Gasteiger partial charge in [-0.15, -0.1) is 0 Å². The van der Waals surface area contributed by atoms with E-state index in [0.717, 1.165) is 12.1 Å². The van der Waals surface area contributed by atoms with E-state index in [-0.39, 0.29) is 6.61 Å². The molecule has 2 aromatic rings. The van der Waals surface area contributed by atoms with Crippen LogP contribution in [0.4, 0.5) is 13.2 Å². The van der Waals surface area contributed by atoms with Crippen LogP contribution in [-0.4, -0.2) is 18.8 Å². The van der Waals surface area contributed by atoms with Crippen molar-refractivity contribution in [3.05, 3.63) is 70.8 Å². The highest BCUT2D eigenvalue weighted by molar-refractivity contribution is 5.98. The van der Waals surface area contributed by atoms with Gasteiger partial charge in [0.2, 0.25) is 0 Å². The summed E-state index contributed by atoms with van der Waals surface area (Å²) in [4.78, 5) is 16.9. The first-order valence-corrected chi connectivity index (χ1v) is 7.33. The average molecular weight is 351 g/mol. The third kappa shape index (κ3) is 4.82. The van der Waals surface area contributed by atoms with Crippen LogP contribution in [0, 0.1) is 0 Å². The van der Waals surface area contributed by atoms with Crippen LogP contribution in [-0.2, 0) is 22.4 Å². The summed E-state index contributed by atoms with van der Waals surface area (Å²) in [5, 5.41) is 3.84. The van der Waals surface area contributed by atoms with Gasteiger partial charge in [-0.05, 0) is 30.7 Å². The van der Waals surface area contributed by atoms with Crippen LogP contribution in [0.25, 0.3) is 0 Å². The van der Waals surface area contributed by atoms with Gasteiger partial charge in [0, 0.05) is 5.56 Å². The molecule has 0 aromatic heterocycles. The molecule has 2 rings (SSSR count). The molecule has 0 saturated heterocycles. The van der Waals surface area contributed by atoms with Crippen molar-refractivity contribution in [2.45, 2.75) is 19.7 Å². The predicted molar refractivity (Wildman–Crippen MR) is 86.2 cm³/mol. The van der Waals surface area contributed by atoms with E-state index >= 15 is 0 Å². The van der Waals surface area contributed by atoms with Crippen molar-refractivity contribution in [1.29, 1.82) is 0 Å². The van der Waals surface area contributed by atoms with Gasteiger partial charge in [0.05, 0.1) is 23.9 Å². The van der Waals surface area contributed by atoms with Crippen LogP contribution in [0.5, 0.6) is 0 Å². The molecule has 0 radical (unpaired) electrons. The van der Waals surface area contributed by atoms with Crippen molar-refractivity contribution >= 4 is 11.7 Å². The monoisotopic (exact) mass is 351 g/mol. The number of carbonyl (C=O) groups excluding carboxylic acids is 1. The maximum atomic E-state index is 12.7. The van der Waals surface area contributed by atoms with Crippen molar-refractivity contribution in [2.75, 3.05) is 7.11 Å². The largest absolute Gasteiger partial charge is 0.465 e. The summed E-state index contributed by atoms with van der Waals surface area (Å²) < 4.78 is 42.9. The van der Waals surface area contributed by atoms with Crippen LogP contribution in [0.2, 0.25) is 0 Å². The molecule has 0 atom stereocenters. The van der Waals surface area contributed by atoms with Gasteiger partial charge < -0.3 is 9.57 Å². The molecule has 0 saturated carbocycles. The zero-order valence-corrected chi connectivity index (χ0v) is 13.6. The lowest BCUT2D eigenvalue weighted by Gasteiger charge is -2.09. The van der Waals surface area contributed by atoms with Gasteiger partial charge in [0.1, 0.15) is 6.61 Å². The van der Waals surface area contributed by atoms with Gasteiger partial charge in [-0.1, -0.05) is 35.5 Å². The smallest absolute Gasteiger partial charge is 0.416 e. The van der Waals surface area contributed by atoms with E-state index in [0.29, 0.717) is 22.4 Å². The molecule has 0 bridgehead atoms. The number of ether oxygens (including phenoxy) is 1. The average Bonchev–Trinajstić information content (AvgIpc) is 2.60. The Balaban J connectivity index is 2.12. The summed E-state index contributed by atoms with van der Waals surface area (Å²) >= 11 is 0. The molecule has 0 spiro atoms. The second-order valence-electron chi connectivity index (χ2n) is 5.18. The lowest BCUT2D eigenvalue weighted by molar-refractivity contribution is -0.137. The Labute approximate surface area is 142 Å². The highest BCUT2D eigenvalue weighted by Crippen LogP contribution is 2.29. The number of hydrogen-bond acceptors (Lipinski definition) is 4. The fourth-order valence-corrected chi connectivity index (χ4v) is 2.13. The van der Waals surface area contributed by atoms with Crippen molar-refractivity contribution in [1.82, 2.24) is 0 Å².